The highest BCUT2D eigenvalue weighted by Crippen LogP contribution is 2.36. The Balaban J connectivity index is 1.45. The summed E-state index contributed by atoms with van der Waals surface area (Å²) in [5.74, 6) is 1.33. The van der Waals surface area contributed by atoms with Crippen molar-refractivity contribution in [3.8, 4) is 11.3 Å². The molecule has 4 aromatic rings. The second-order valence-corrected chi connectivity index (χ2v) is 12.9. The van der Waals surface area contributed by atoms with Crippen molar-refractivity contribution in [3.63, 3.8) is 0 Å². The molecule has 6 rings (SSSR count). The maximum absolute atomic E-state index is 13.5. The fourth-order valence-electron chi connectivity index (χ4n) is 5.17. The zero-order chi connectivity index (χ0) is 26.6. The quantitative estimate of drug-likeness (QED) is 0.340. The predicted molar refractivity (Wildman–Crippen MR) is 148 cm³/mol. The van der Waals surface area contributed by atoms with Gasteiger partial charge in [-0.05, 0) is 68.9 Å². The van der Waals surface area contributed by atoms with Crippen molar-refractivity contribution in [2.45, 2.75) is 56.2 Å². The largest absolute Gasteiger partial charge is 0.370 e. The van der Waals surface area contributed by atoms with Gasteiger partial charge in [-0.2, -0.15) is 5.10 Å². The molecule has 0 saturated heterocycles. The fraction of sp³-hybridized carbons (Fsp3) is 0.407. The predicted octanol–water partition coefficient (Wildman–Crippen LogP) is 4.80. The summed E-state index contributed by atoms with van der Waals surface area (Å²) in [7, 11) is -0.963. The van der Waals surface area contributed by atoms with Gasteiger partial charge in [-0.25, -0.2) is 14.0 Å². The Morgan fingerprint density at radius 1 is 1.13 bits per heavy atom. The molecular formula is C27H32N8O2S. The highest BCUT2D eigenvalue weighted by Gasteiger charge is 2.34. The van der Waals surface area contributed by atoms with Crippen LogP contribution in [0.3, 0.4) is 0 Å². The number of rotatable bonds is 2. The van der Waals surface area contributed by atoms with E-state index in [-0.39, 0.29) is 11.2 Å². The van der Waals surface area contributed by atoms with Gasteiger partial charge in [-0.15, -0.1) is 0 Å². The Kier molecular flexibility index (Phi) is 5.97. The van der Waals surface area contributed by atoms with Gasteiger partial charge in [0.05, 0.1) is 38.2 Å². The zero-order valence-corrected chi connectivity index (χ0v) is 22.6. The number of nitrogens with zero attached hydrogens (tertiary/aromatic N) is 5. The topological polar surface area (TPSA) is 131 Å². The first kappa shape index (κ1) is 24.6. The van der Waals surface area contributed by atoms with Gasteiger partial charge in [0.2, 0.25) is 5.95 Å². The van der Waals surface area contributed by atoms with Crippen molar-refractivity contribution in [1.82, 2.24) is 24.3 Å². The molecule has 1 aromatic carbocycles. The van der Waals surface area contributed by atoms with Crippen LogP contribution >= 0.6 is 0 Å². The van der Waals surface area contributed by atoms with Crippen LogP contribution in [0.25, 0.3) is 22.3 Å². The highest BCUT2D eigenvalue weighted by atomic mass is 32.2. The maximum atomic E-state index is 13.5. The number of benzene rings is 1. The molecule has 1 amide bonds. The monoisotopic (exact) mass is 532 g/mol. The van der Waals surface area contributed by atoms with Gasteiger partial charge >= 0.3 is 0 Å². The van der Waals surface area contributed by atoms with Gasteiger partial charge in [0, 0.05) is 41.5 Å². The molecule has 1 aliphatic carbocycles. The molecule has 38 heavy (non-hydrogen) atoms. The molecule has 198 valence electrons. The van der Waals surface area contributed by atoms with Crippen molar-refractivity contribution in [2.75, 3.05) is 17.2 Å². The molecule has 0 radical (unpaired) electrons. The average Bonchev–Trinajstić information content (AvgIpc) is 3.61. The molecule has 0 spiro atoms. The summed E-state index contributed by atoms with van der Waals surface area (Å²) < 4.78 is 25.5. The number of pyridine rings is 1. The number of hydrogen-bond donors (Lipinski definition) is 3. The Morgan fingerprint density at radius 3 is 2.74 bits per heavy atom. The van der Waals surface area contributed by atoms with Gasteiger partial charge in [-0.3, -0.25) is 19.8 Å². The van der Waals surface area contributed by atoms with Crippen molar-refractivity contribution in [3.05, 3.63) is 47.8 Å². The molecule has 1 saturated carbocycles. The summed E-state index contributed by atoms with van der Waals surface area (Å²) in [5, 5.41) is 10.9. The third kappa shape index (κ3) is 4.44. The van der Waals surface area contributed by atoms with Crippen LogP contribution in [0.2, 0.25) is 0 Å². The second kappa shape index (κ2) is 9.23. The number of imidazole rings is 1. The lowest BCUT2D eigenvalue weighted by Gasteiger charge is -2.16. The zero-order valence-electron chi connectivity index (χ0n) is 21.8. The lowest BCUT2D eigenvalue weighted by molar-refractivity contribution is 0.102. The summed E-state index contributed by atoms with van der Waals surface area (Å²) in [6.07, 6.45) is 5.34. The van der Waals surface area contributed by atoms with E-state index in [0.29, 0.717) is 40.1 Å². The van der Waals surface area contributed by atoms with Crippen molar-refractivity contribution in [1.29, 1.82) is 4.78 Å². The Labute approximate surface area is 221 Å². The van der Waals surface area contributed by atoms with Gasteiger partial charge in [-0.1, -0.05) is 6.92 Å². The molecule has 4 heterocycles. The summed E-state index contributed by atoms with van der Waals surface area (Å²) in [5.41, 5.74) is 4.23. The number of aromatic nitrogens is 5. The molecule has 2 aliphatic rings. The number of hydrogen-bond acceptors (Lipinski definition) is 7. The van der Waals surface area contributed by atoms with Crippen LogP contribution in [0.15, 0.2) is 41.4 Å². The van der Waals surface area contributed by atoms with E-state index in [0.717, 1.165) is 54.8 Å². The standard InChI is InChI=1S/C27H32N8O2S/c1-16-5-4-10-29-25-21(14-30-34(25)3)23-12-18(11-17(2)31-23)26(36)33-27-32-22-9-8-20(13-24(22)35(27)15-16)38(28,37)19-6-7-19/h8-9,11-14,16,19,28-29H,4-7,10,15H2,1-3H3,(H,32,33,36). The molecule has 2 bridgehead atoms. The van der Waals surface area contributed by atoms with E-state index >= 15 is 0 Å². The first-order chi connectivity index (χ1) is 18.2. The number of nitrogens with one attached hydrogen (secondary N) is 3. The molecule has 2 unspecified atom stereocenters. The van der Waals surface area contributed by atoms with Crippen LogP contribution in [-0.2, 0) is 23.3 Å². The molecule has 3 aromatic heterocycles. The molecule has 1 fully saturated rings. The normalized spacial score (nSPS) is 19.9. The molecule has 10 nitrogen and oxygen atoms in total. The SMILES string of the molecule is Cc1cc2cc(n1)-c1cnn(C)c1NCCCC(C)Cn1c(nc3ccc(S(=N)(=O)C4CC4)cc31)NC2=O. The van der Waals surface area contributed by atoms with E-state index in [4.69, 9.17) is 9.76 Å². The average molecular weight is 533 g/mol. The number of anilines is 2. The van der Waals surface area contributed by atoms with Gasteiger partial charge < -0.3 is 9.88 Å². The van der Waals surface area contributed by atoms with Crippen molar-refractivity contribution >= 4 is 38.4 Å². The van der Waals surface area contributed by atoms with Gasteiger partial charge in [0.25, 0.3) is 5.91 Å². The van der Waals surface area contributed by atoms with Gasteiger partial charge in [0.1, 0.15) is 5.82 Å². The van der Waals surface area contributed by atoms with Crippen molar-refractivity contribution in [2.24, 2.45) is 13.0 Å². The van der Waals surface area contributed by atoms with E-state index in [9.17, 15) is 9.00 Å². The minimum absolute atomic E-state index is 0.0696. The van der Waals surface area contributed by atoms with E-state index in [1.165, 1.54) is 0 Å². The van der Waals surface area contributed by atoms with E-state index in [1.807, 2.05) is 30.7 Å². The van der Waals surface area contributed by atoms with Gasteiger partial charge in [0.15, 0.2) is 0 Å². The number of fused-ring (bicyclic) bond motifs is 7. The molecular weight excluding hydrogens is 500 g/mol. The molecule has 11 heteroatoms. The lowest BCUT2D eigenvalue weighted by Crippen LogP contribution is -2.18. The summed E-state index contributed by atoms with van der Waals surface area (Å²) in [4.78, 5) is 23.5. The van der Waals surface area contributed by atoms with Crippen LogP contribution < -0.4 is 10.6 Å². The Hall–Kier alpha value is -3.73. The van der Waals surface area contributed by atoms with Crippen LogP contribution in [0.1, 0.15) is 48.7 Å². The summed E-state index contributed by atoms with van der Waals surface area (Å²) in [6, 6.07) is 8.96. The summed E-state index contributed by atoms with van der Waals surface area (Å²) >= 11 is 0. The third-order valence-corrected chi connectivity index (χ3v) is 9.74. The van der Waals surface area contributed by atoms with Crippen LogP contribution in [0.4, 0.5) is 11.8 Å². The van der Waals surface area contributed by atoms with E-state index in [1.54, 1.807) is 29.1 Å². The first-order valence-corrected chi connectivity index (χ1v) is 14.7. The Morgan fingerprint density at radius 2 is 1.95 bits per heavy atom. The second-order valence-electron chi connectivity index (χ2n) is 10.5. The molecule has 3 N–H and O–H groups in total. The minimum atomic E-state index is -2.85. The minimum Gasteiger partial charge on any atom is -0.370 e. The first-order valence-electron chi connectivity index (χ1n) is 13.0. The molecule has 2 atom stereocenters. The Bertz CT molecular complexity index is 1670. The lowest BCUT2D eigenvalue weighted by atomic mass is 10.1. The number of aryl methyl sites for hydroxylation is 2. The number of carbonyl (C=O) groups is 1. The van der Waals surface area contributed by atoms with E-state index in [2.05, 4.69) is 27.6 Å². The maximum Gasteiger partial charge on any atom is 0.258 e. The summed E-state index contributed by atoms with van der Waals surface area (Å²) in [6.45, 7) is 5.46. The highest BCUT2D eigenvalue weighted by molar-refractivity contribution is 7.93. The van der Waals surface area contributed by atoms with Crippen LogP contribution in [-0.4, -0.2) is 46.2 Å². The fourth-order valence-corrected chi connectivity index (χ4v) is 6.91. The van der Waals surface area contributed by atoms with Crippen LogP contribution in [0, 0.1) is 17.6 Å². The number of amides is 1. The number of carbonyl (C=O) groups excluding carboxylic acids is 1. The van der Waals surface area contributed by atoms with Crippen molar-refractivity contribution < 1.29 is 9.00 Å². The smallest absolute Gasteiger partial charge is 0.258 e. The van der Waals surface area contributed by atoms with Crippen LogP contribution in [0.5, 0.6) is 0 Å². The third-order valence-electron chi connectivity index (χ3n) is 7.38. The van der Waals surface area contributed by atoms with E-state index < -0.39 is 9.73 Å². The molecule has 1 aliphatic heterocycles.